The Morgan fingerprint density at radius 1 is 0.760 bits per heavy atom. The summed E-state index contributed by atoms with van der Waals surface area (Å²) in [6.07, 6.45) is -3.61. The Morgan fingerprint density at radius 2 is 1.40 bits per heavy atom. The largest absolute Gasteiger partial charge is 0.416 e. The summed E-state index contributed by atoms with van der Waals surface area (Å²) in [7, 11) is 0. The molecule has 1 heterocycles. The lowest BCUT2D eigenvalue weighted by molar-refractivity contribution is -0.137. The van der Waals surface area contributed by atoms with Gasteiger partial charge in [0.05, 0.1) is 5.56 Å². The van der Waals surface area contributed by atoms with E-state index in [0.29, 0.717) is 6.42 Å². The van der Waals surface area contributed by atoms with E-state index in [9.17, 15) is 13.2 Å². The first-order chi connectivity index (χ1) is 12.0. The van der Waals surface area contributed by atoms with Crippen LogP contribution in [0.5, 0.6) is 0 Å². The van der Waals surface area contributed by atoms with Crippen LogP contribution >= 0.6 is 0 Å². The van der Waals surface area contributed by atoms with Gasteiger partial charge in [-0.1, -0.05) is 48.5 Å². The monoisotopic (exact) mass is 348 g/mol. The molecule has 0 radical (unpaired) electrons. The van der Waals surface area contributed by atoms with Gasteiger partial charge in [0.1, 0.15) is 0 Å². The second-order valence-electron chi connectivity index (χ2n) is 6.55. The number of hydrogen-bond donors (Lipinski definition) is 0. The lowest BCUT2D eigenvalue weighted by Gasteiger charge is -2.34. The molecule has 0 N–H and O–H groups in total. The second-order valence-corrected chi connectivity index (χ2v) is 6.55. The van der Waals surface area contributed by atoms with Gasteiger partial charge < -0.3 is 4.90 Å². The molecule has 1 fully saturated rings. The van der Waals surface area contributed by atoms with E-state index in [1.807, 2.05) is 6.07 Å². The Kier molecular flexibility index (Phi) is 5.76. The molecule has 0 amide bonds. The minimum Gasteiger partial charge on any atom is -0.300 e. The zero-order valence-corrected chi connectivity index (χ0v) is 14.2. The molecule has 0 saturated carbocycles. The number of rotatable bonds is 5. The third kappa shape index (κ3) is 5.31. The number of benzene rings is 2. The van der Waals surface area contributed by atoms with E-state index < -0.39 is 11.7 Å². The zero-order valence-electron chi connectivity index (χ0n) is 14.2. The van der Waals surface area contributed by atoms with Crippen molar-refractivity contribution in [3.63, 3.8) is 0 Å². The molecule has 2 aromatic carbocycles. The number of nitrogens with zero attached hydrogens (tertiary/aromatic N) is 2. The molecular formula is C20H23F3N2. The molecule has 3 rings (SSSR count). The maximum absolute atomic E-state index is 12.8. The molecule has 0 unspecified atom stereocenters. The van der Waals surface area contributed by atoms with Gasteiger partial charge in [-0.25, -0.2) is 0 Å². The van der Waals surface area contributed by atoms with Crippen LogP contribution in [0.2, 0.25) is 0 Å². The van der Waals surface area contributed by atoms with E-state index in [0.717, 1.165) is 50.9 Å². The van der Waals surface area contributed by atoms with Crippen LogP contribution in [0.1, 0.15) is 16.7 Å². The smallest absolute Gasteiger partial charge is 0.300 e. The minimum atomic E-state index is -4.26. The van der Waals surface area contributed by atoms with E-state index in [4.69, 9.17) is 0 Å². The third-order valence-corrected chi connectivity index (χ3v) is 4.68. The maximum atomic E-state index is 12.8. The van der Waals surface area contributed by atoms with Crippen LogP contribution in [0.3, 0.4) is 0 Å². The quantitative estimate of drug-likeness (QED) is 0.804. The average Bonchev–Trinajstić information content (AvgIpc) is 2.62. The van der Waals surface area contributed by atoms with Crippen LogP contribution in [-0.2, 0) is 19.1 Å². The summed E-state index contributed by atoms with van der Waals surface area (Å²) in [5.74, 6) is 0. The molecule has 0 atom stereocenters. The highest BCUT2D eigenvalue weighted by atomic mass is 19.4. The van der Waals surface area contributed by atoms with Crippen LogP contribution in [0, 0.1) is 0 Å². The summed E-state index contributed by atoms with van der Waals surface area (Å²) in [4.78, 5) is 4.76. The summed E-state index contributed by atoms with van der Waals surface area (Å²) < 4.78 is 38.3. The van der Waals surface area contributed by atoms with Crippen molar-refractivity contribution >= 4 is 0 Å². The fourth-order valence-electron chi connectivity index (χ4n) is 3.20. The molecule has 0 bridgehead atoms. The van der Waals surface area contributed by atoms with E-state index in [-0.39, 0.29) is 0 Å². The zero-order chi connectivity index (χ0) is 17.7. The van der Waals surface area contributed by atoms with Crippen LogP contribution in [0.15, 0.2) is 54.6 Å². The van der Waals surface area contributed by atoms with Crippen molar-refractivity contribution in [2.24, 2.45) is 0 Å². The van der Waals surface area contributed by atoms with Gasteiger partial charge in [0.2, 0.25) is 0 Å². The van der Waals surface area contributed by atoms with E-state index >= 15 is 0 Å². The van der Waals surface area contributed by atoms with E-state index in [2.05, 4.69) is 34.1 Å². The standard InChI is InChI=1S/C20H23F3N2/c21-20(22,23)19-8-4-7-17(15-19)9-10-24-11-13-25(14-12-24)16-18-5-2-1-3-6-18/h1-8,15H,9-14,16H2. The second kappa shape index (κ2) is 8.02. The fourth-order valence-corrected chi connectivity index (χ4v) is 3.20. The predicted octanol–water partition coefficient (Wildman–Crippen LogP) is 4.07. The highest BCUT2D eigenvalue weighted by Crippen LogP contribution is 2.29. The van der Waals surface area contributed by atoms with Crippen molar-refractivity contribution in [1.82, 2.24) is 9.80 Å². The molecule has 25 heavy (non-hydrogen) atoms. The summed E-state index contributed by atoms with van der Waals surface area (Å²) >= 11 is 0. The molecule has 5 heteroatoms. The van der Waals surface area contributed by atoms with Crippen LogP contribution in [-0.4, -0.2) is 42.5 Å². The van der Waals surface area contributed by atoms with Crippen LogP contribution in [0.25, 0.3) is 0 Å². The average molecular weight is 348 g/mol. The van der Waals surface area contributed by atoms with Gasteiger partial charge in [0.25, 0.3) is 0 Å². The Balaban J connectivity index is 1.45. The number of halogens is 3. The topological polar surface area (TPSA) is 6.48 Å². The minimum absolute atomic E-state index is 0.558. The lowest BCUT2D eigenvalue weighted by atomic mass is 10.1. The van der Waals surface area contributed by atoms with Gasteiger partial charge in [0, 0.05) is 39.3 Å². The summed E-state index contributed by atoms with van der Waals surface area (Å²) in [5.41, 5.74) is 1.51. The van der Waals surface area contributed by atoms with Crippen LogP contribution in [0.4, 0.5) is 13.2 Å². The Morgan fingerprint density at radius 3 is 2.08 bits per heavy atom. The number of hydrogen-bond acceptors (Lipinski definition) is 2. The Labute approximate surface area is 146 Å². The molecule has 0 aliphatic carbocycles. The Bertz CT molecular complexity index is 662. The molecule has 2 aromatic rings. The van der Waals surface area contributed by atoms with Crippen molar-refractivity contribution in [3.8, 4) is 0 Å². The highest BCUT2D eigenvalue weighted by Gasteiger charge is 2.30. The van der Waals surface area contributed by atoms with Gasteiger partial charge in [-0.3, -0.25) is 4.90 Å². The normalized spacial score (nSPS) is 16.9. The van der Waals surface area contributed by atoms with E-state index in [1.54, 1.807) is 6.07 Å². The fraction of sp³-hybridized carbons (Fsp3) is 0.400. The third-order valence-electron chi connectivity index (χ3n) is 4.68. The molecule has 2 nitrogen and oxygen atoms in total. The first-order valence-corrected chi connectivity index (χ1v) is 8.65. The molecule has 1 saturated heterocycles. The SMILES string of the molecule is FC(F)(F)c1cccc(CCN2CCN(Cc3ccccc3)CC2)c1. The van der Waals surface area contributed by atoms with Gasteiger partial charge in [-0.15, -0.1) is 0 Å². The van der Waals surface area contributed by atoms with Gasteiger partial charge >= 0.3 is 6.18 Å². The summed E-state index contributed by atoms with van der Waals surface area (Å²) in [6, 6.07) is 16.1. The van der Waals surface area contributed by atoms with Gasteiger partial charge in [-0.05, 0) is 23.6 Å². The maximum Gasteiger partial charge on any atom is 0.416 e. The summed E-state index contributed by atoms with van der Waals surface area (Å²) in [5, 5.41) is 0. The van der Waals surface area contributed by atoms with Crippen molar-refractivity contribution in [1.29, 1.82) is 0 Å². The van der Waals surface area contributed by atoms with Gasteiger partial charge in [0.15, 0.2) is 0 Å². The van der Waals surface area contributed by atoms with Gasteiger partial charge in [-0.2, -0.15) is 13.2 Å². The van der Waals surface area contributed by atoms with Crippen molar-refractivity contribution in [3.05, 3.63) is 71.3 Å². The first kappa shape index (κ1) is 18.0. The predicted molar refractivity (Wildman–Crippen MR) is 93.3 cm³/mol. The first-order valence-electron chi connectivity index (χ1n) is 8.65. The van der Waals surface area contributed by atoms with E-state index in [1.165, 1.54) is 17.7 Å². The molecular weight excluding hydrogens is 325 g/mol. The van der Waals surface area contributed by atoms with Crippen molar-refractivity contribution in [2.75, 3.05) is 32.7 Å². The van der Waals surface area contributed by atoms with Crippen LogP contribution < -0.4 is 0 Å². The highest BCUT2D eigenvalue weighted by molar-refractivity contribution is 5.25. The lowest BCUT2D eigenvalue weighted by Crippen LogP contribution is -2.46. The van der Waals surface area contributed by atoms with Crippen molar-refractivity contribution < 1.29 is 13.2 Å². The Hall–Kier alpha value is -1.85. The number of alkyl halides is 3. The molecule has 1 aliphatic heterocycles. The summed E-state index contributed by atoms with van der Waals surface area (Å²) in [6.45, 7) is 5.69. The molecule has 134 valence electrons. The molecule has 0 spiro atoms. The molecule has 0 aromatic heterocycles. The molecule has 1 aliphatic rings. The van der Waals surface area contributed by atoms with Crippen molar-refractivity contribution in [2.45, 2.75) is 19.1 Å². The number of piperazine rings is 1.